The van der Waals surface area contributed by atoms with Crippen molar-refractivity contribution < 1.29 is 0 Å². The van der Waals surface area contributed by atoms with E-state index in [0.717, 1.165) is 16.9 Å². The van der Waals surface area contributed by atoms with Crippen LogP contribution in [0.3, 0.4) is 0 Å². The first-order valence-corrected chi connectivity index (χ1v) is 7.39. The third-order valence-electron chi connectivity index (χ3n) is 4.02. The summed E-state index contributed by atoms with van der Waals surface area (Å²) >= 11 is 3.57. The summed E-state index contributed by atoms with van der Waals surface area (Å²) in [5, 5.41) is 4.35. The van der Waals surface area contributed by atoms with Crippen molar-refractivity contribution in [1.29, 1.82) is 0 Å². The zero-order chi connectivity index (χ0) is 12.4. The van der Waals surface area contributed by atoms with Crippen molar-refractivity contribution in [2.24, 2.45) is 17.6 Å². The summed E-state index contributed by atoms with van der Waals surface area (Å²) in [5.74, 6) is 1.49. The molecule has 0 radical (unpaired) electrons. The molecule has 1 aliphatic rings. The van der Waals surface area contributed by atoms with Crippen molar-refractivity contribution in [3.8, 4) is 0 Å². The average Bonchev–Trinajstić information content (AvgIpc) is 2.70. The number of nitrogens with zero attached hydrogens (tertiary/aromatic N) is 2. The molecule has 1 unspecified atom stereocenters. The molecule has 0 bridgehead atoms. The number of hydrogen-bond acceptors (Lipinski definition) is 2. The lowest BCUT2D eigenvalue weighted by molar-refractivity contribution is 0.249. The highest BCUT2D eigenvalue weighted by molar-refractivity contribution is 9.10. The van der Waals surface area contributed by atoms with E-state index in [9.17, 15) is 0 Å². The number of nitrogens with two attached hydrogens (primary N) is 1. The van der Waals surface area contributed by atoms with Gasteiger partial charge in [0.05, 0.1) is 22.4 Å². The molecule has 1 heterocycles. The van der Waals surface area contributed by atoms with Crippen LogP contribution in [-0.4, -0.2) is 9.78 Å². The van der Waals surface area contributed by atoms with Crippen molar-refractivity contribution in [2.75, 3.05) is 0 Å². The van der Waals surface area contributed by atoms with Gasteiger partial charge in [0.15, 0.2) is 0 Å². The van der Waals surface area contributed by atoms with Crippen molar-refractivity contribution in [1.82, 2.24) is 9.78 Å². The lowest BCUT2D eigenvalue weighted by atomic mass is 9.78. The van der Waals surface area contributed by atoms with E-state index in [1.165, 1.54) is 31.4 Å². The van der Waals surface area contributed by atoms with Crippen LogP contribution < -0.4 is 5.73 Å². The molecule has 0 amide bonds. The van der Waals surface area contributed by atoms with Gasteiger partial charge in [0.25, 0.3) is 0 Å². The quantitative estimate of drug-likeness (QED) is 0.928. The molecule has 1 saturated carbocycles. The fourth-order valence-electron chi connectivity index (χ4n) is 2.82. The average molecular weight is 300 g/mol. The molecule has 0 saturated heterocycles. The molecule has 17 heavy (non-hydrogen) atoms. The minimum absolute atomic E-state index is 0.124. The Morgan fingerprint density at radius 1 is 1.47 bits per heavy atom. The van der Waals surface area contributed by atoms with Crippen LogP contribution in [0.4, 0.5) is 0 Å². The van der Waals surface area contributed by atoms with Gasteiger partial charge in [0.1, 0.15) is 0 Å². The van der Waals surface area contributed by atoms with Crippen LogP contribution in [-0.2, 0) is 6.54 Å². The maximum Gasteiger partial charge on any atom is 0.0696 e. The zero-order valence-electron chi connectivity index (χ0n) is 10.7. The van der Waals surface area contributed by atoms with E-state index >= 15 is 0 Å². The van der Waals surface area contributed by atoms with Gasteiger partial charge < -0.3 is 5.73 Å². The smallest absolute Gasteiger partial charge is 0.0696 e. The van der Waals surface area contributed by atoms with E-state index in [1.54, 1.807) is 0 Å². The second kappa shape index (κ2) is 5.53. The highest BCUT2D eigenvalue weighted by Gasteiger charge is 2.28. The molecule has 1 aromatic rings. The molecule has 0 aromatic carbocycles. The van der Waals surface area contributed by atoms with Crippen LogP contribution in [0.1, 0.15) is 51.3 Å². The summed E-state index contributed by atoms with van der Waals surface area (Å²) in [7, 11) is 0. The van der Waals surface area contributed by atoms with E-state index in [1.807, 2.05) is 10.9 Å². The van der Waals surface area contributed by atoms with Gasteiger partial charge in [-0.25, -0.2) is 0 Å². The monoisotopic (exact) mass is 299 g/mol. The molecule has 4 heteroatoms. The second-order valence-electron chi connectivity index (χ2n) is 5.24. The van der Waals surface area contributed by atoms with Gasteiger partial charge in [-0.15, -0.1) is 0 Å². The van der Waals surface area contributed by atoms with Crippen LogP contribution in [0.15, 0.2) is 10.7 Å². The number of halogens is 1. The highest BCUT2D eigenvalue weighted by atomic mass is 79.9. The van der Waals surface area contributed by atoms with E-state index < -0.39 is 0 Å². The minimum Gasteiger partial charge on any atom is -0.322 e. The molecule has 1 aliphatic carbocycles. The third kappa shape index (κ3) is 2.74. The van der Waals surface area contributed by atoms with Crippen molar-refractivity contribution >= 4 is 15.9 Å². The molecule has 0 aliphatic heterocycles. The zero-order valence-corrected chi connectivity index (χ0v) is 12.3. The van der Waals surface area contributed by atoms with Crippen molar-refractivity contribution in [2.45, 2.75) is 52.1 Å². The van der Waals surface area contributed by atoms with Gasteiger partial charge in [-0.05, 0) is 47.5 Å². The summed E-state index contributed by atoms with van der Waals surface area (Å²) in [5.41, 5.74) is 7.62. The molecule has 2 rings (SSSR count). The Hall–Kier alpha value is -0.350. The number of aromatic nitrogens is 2. The van der Waals surface area contributed by atoms with Crippen LogP contribution in [0.5, 0.6) is 0 Å². The molecular formula is C13H22BrN3. The van der Waals surface area contributed by atoms with Gasteiger partial charge in [-0.1, -0.05) is 19.8 Å². The number of rotatable bonds is 3. The van der Waals surface area contributed by atoms with Crippen LogP contribution >= 0.6 is 15.9 Å². The Labute approximate surface area is 112 Å². The maximum absolute atomic E-state index is 6.45. The normalized spacial score (nSPS) is 27.1. The first-order chi connectivity index (χ1) is 8.13. The molecule has 1 fully saturated rings. The van der Waals surface area contributed by atoms with E-state index in [0.29, 0.717) is 5.92 Å². The van der Waals surface area contributed by atoms with Crippen LogP contribution in [0, 0.1) is 11.8 Å². The molecular weight excluding hydrogens is 278 g/mol. The van der Waals surface area contributed by atoms with Crippen molar-refractivity contribution in [3.05, 3.63) is 16.4 Å². The van der Waals surface area contributed by atoms with Crippen molar-refractivity contribution in [3.63, 3.8) is 0 Å². The lowest BCUT2D eigenvalue weighted by Crippen LogP contribution is -2.28. The third-order valence-corrected chi connectivity index (χ3v) is 4.63. The molecule has 0 spiro atoms. The van der Waals surface area contributed by atoms with Gasteiger partial charge in [0.2, 0.25) is 0 Å². The highest BCUT2D eigenvalue weighted by Crippen LogP contribution is 2.37. The minimum atomic E-state index is 0.124. The summed E-state index contributed by atoms with van der Waals surface area (Å²) in [4.78, 5) is 0. The SMILES string of the molecule is CCn1ncc(Br)c1C(N)C1CCC(C)CC1. The number of hydrogen-bond donors (Lipinski definition) is 1. The molecule has 3 nitrogen and oxygen atoms in total. The lowest BCUT2D eigenvalue weighted by Gasteiger charge is -2.31. The van der Waals surface area contributed by atoms with E-state index in [2.05, 4.69) is 34.9 Å². The van der Waals surface area contributed by atoms with Crippen LogP contribution in [0.2, 0.25) is 0 Å². The molecule has 1 atom stereocenters. The standard InChI is InChI=1S/C13H22BrN3/c1-3-17-13(11(14)8-16-17)12(15)10-6-4-9(2)5-7-10/h8-10,12H,3-7,15H2,1-2H3. The van der Waals surface area contributed by atoms with E-state index in [-0.39, 0.29) is 6.04 Å². The van der Waals surface area contributed by atoms with Gasteiger partial charge in [0, 0.05) is 6.54 Å². The molecule has 2 N–H and O–H groups in total. The fourth-order valence-corrected chi connectivity index (χ4v) is 3.38. The Morgan fingerprint density at radius 3 is 2.71 bits per heavy atom. The summed E-state index contributed by atoms with van der Waals surface area (Å²) < 4.78 is 3.08. The predicted molar refractivity (Wildman–Crippen MR) is 73.7 cm³/mol. The Kier molecular flexibility index (Phi) is 4.26. The molecule has 96 valence electrons. The topological polar surface area (TPSA) is 43.8 Å². The summed E-state index contributed by atoms with van der Waals surface area (Å²) in [6.45, 7) is 5.34. The summed E-state index contributed by atoms with van der Waals surface area (Å²) in [6, 6.07) is 0.124. The Morgan fingerprint density at radius 2 is 2.12 bits per heavy atom. The second-order valence-corrected chi connectivity index (χ2v) is 6.09. The Balaban J connectivity index is 2.13. The van der Waals surface area contributed by atoms with Crippen LogP contribution in [0.25, 0.3) is 0 Å². The first kappa shape index (κ1) is 13.1. The maximum atomic E-state index is 6.45. The summed E-state index contributed by atoms with van der Waals surface area (Å²) in [6.07, 6.45) is 7.00. The Bertz CT molecular complexity index is 367. The first-order valence-electron chi connectivity index (χ1n) is 6.60. The largest absolute Gasteiger partial charge is 0.322 e. The predicted octanol–water partition coefficient (Wildman–Crippen LogP) is 3.49. The number of aryl methyl sites for hydroxylation is 1. The van der Waals surface area contributed by atoms with E-state index in [4.69, 9.17) is 5.73 Å². The fraction of sp³-hybridized carbons (Fsp3) is 0.769. The van der Waals surface area contributed by atoms with Gasteiger partial charge in [-0.3, -0.25) is 4.68 Å². The molecule has 1 aromatic heterocycles. The van der Waals surface area contributed by atoms with Gasteiger partial charge >= 0.3 is 0 Å². The van der Waals surface area contributed by atoms with Gasteiger partial charge in [-0.2, -0.15) is 5.10 Å².